The zero-order chi connectivity index (χ0) is 19.6. The molecule has 1 aromatic heterocycles. The second kappa shape index (κ2) is 7.96. The predicted octanol–water partition coefficient (Wildman–Crippen LogP) is 3.78. The van der Waals surface area contributed by atoms with Crippen molar-refractivity contribution in [2.24, 2.45) is 0 Å². The van der Waals surface area contributed by atoms with Gasteiger partial charge in [0.15, 0.2) is 0 Å². The van der Waals surface area contributed by atoms with E-state index in [-0.39, 0.29) is 23.9 Å². The van der Waals surface area contributed by atoms with Crippen LogP contribution in [0.2, 0.25) is 5.02 Å². The molecule has 0 spiro atoms. The summed E-state index contributed by atoms with van der Waals surface area (Å²) < 4.78 is 0. The zero-order valence-electron chi connectivity index (χ0n) is 15.6. The Bertz CT molecular complexity index is 854. The lowest BCUT2D eigenvalue weighted by Crippen LogP contribution is -2.43. The number of halogens is 1. The van der Waals surface area contributed by atoms with E-state index in [1.54, 1.807) is 30.2 Å². The first-order chi connectivity index (χ1) is 12.9. The maximum atomic E-state index is 12.3. The van der Waals surface area contributed by atoms with Gasteiger partial charge in [0.25, 0.3) is 5.91 Å². The van der Waals surface area contributed by atoms with E-state index in [1.807, 2.05) is 32.0 Å². The van der Waals surface area contributed by atoms with Gasteiger partial charge < -0.3 is 15.5 Å². The third kappa shape index (κ3) is 4.06. The van der Waals surface area contributed by atoms with Crippen LogP contribution in [0, 0.1) is 0 Å². The van der Waals surface area contributed by atoms with E-state index < -0.39 is 0 Å². The monoisotopic (exact) mass is 386 g/mol. The topological polar surface area (TPSA) is 74.3 Å². The quantitative estimate of drug-likeness (QED) is 0.838. The zero-order valence-corrected chi connectivity index (χ0v) is 16.4. The van der Waals surface area contributed by atoms with E-state index in [4.69, 9.17) is 11.6 Å². The van der Waals surface area contributed by atoms with Gasteiger partial charge in [-0.15, -0.1) is 0 Å². The average Bonchev–Trinajstić information content (AvgIpc) is 2.63. The summed E-state index contributed by atoms with van der Waals surface area (Å²) in [5, 5.41) is 6.80. The number of benzene rings is 1. The SMILES string of the molecule is CCNC(=O)c1ccc2c(c1)[C@H](Nc1ccc(Cl)cn1)C[C@H](C)N2C(C)=O. The Hall–Kier alpha value is -2.60. The number of fused-ring (bicyclic) bond motifs is 1. The van der Waals surface area contributed by atoms with Gasteiger partial charge in [-0.3, -0.25) is 9.59 Å². The molecule has 0 radical (unpaired) electrons. The smallest absolute Gasteiger partial charge is 0.251 e. The number of amides is 2. The summed E-state index contributed by atoms with van der Waals surface area (Å²) in [6.45, 7) is 6.02. The van der Waals surface area contributed by atoms with Crippen molar-refractivity contribution >= 4 is 34.9 Å². The molecule has 2 amide bonds. The molecule has 0 saturated heterocycles. The summed E-state index contributed by atoms with van der Waals surface area (Å²) in [4.78, 5) is 30.6. The summed E-state index contributed by atoms with van der Waals surface area (Å²) in [5.41, 5.74) is 2.30. The molecule has 3 rings (SSSR count). The van der Waals surface area contributed by atoms with E-state index >= 15 is 0 Å². The number of carbonyl (C=O) groups is 2. The minimum Gasteiger partial charge on any atom is -0.363 e. The molecule has 0 fully saturated rings. The Morgan fingerprint density at radius 3 is 2.70 bits per heavy atom. The van der Waals surface area contributed by atoms with Crippen molar-refractivity contribution < 1.29 is 9.59 Å². The molecule has 2 aromatic rings. The first kappa shape index (κ1) is 19.2. The highest BCUT2D eigenvalue weighted by Crippen LogP contribution is 2.39. The molecule has 142 valence electrons. The van der Waals surface area contributed by atoms with Crippen LogP contribution in [0.25, 0.3) is 0 Å². The third-order valence-electron chi connectivity index (χ3n) is 4.67. The van der Waals surface area contributed by atoms with Crippen LogP contribution < -0.4 is 15.5 Å². The molecule has 2 heterocycles. The number of nitrogens with zero attached hydrogens (tertiary/aromatic N) is 2. The van der Waals surface area contributed by atoms with Crippen LogP contribution in [0.3, 0.4) is 0 Å². The van der Waals surface area contributed by atoms with Gasteiger partial charge in [0, 0.05) is 37.0 Å². The average molecular weight is 387 g/mol. The number of hydrogen-bond donors (Lipinski definition) is 2. The lowest BCUT2D eigenvalue weighted by atomic mass is 9.90. The molecule has 1 aromatic carbocycles. The Morgan fingerprint density at radius 1 is 1.30 bits per heavy atom. The summed E-state index contributed by atoms with van der Waals surface area (Å²) in [7, 11) is 0. The Kier molecular flexibility index (Phi) is 5.65. The van der Waals surface area contributed by atoms with Crippen molar-refractivity contribution in [2.75, 3.05) is 16.8 Å². The molecule has 2 atom stereocenters. The summed E-state index contributed by atoms with van der Waals surface area (Å²) in [5.74, 6) is 0.552. The fraction of sp³-hybridized carbons (Fsp3) is 0.350. The second-order valence-corrected chi connectivity index (χ2v) is 7.10. The van der Waals surface area contributed by atoms with Gasteiger partial charge in [0.05, 0.1) is 11.1 Å². The van der Waals surface area contributed by atoms with Crippen LogP contribution >= 0.6 is 11.6 Å². The van der Waals surface area contributed by atoms with Gasteiger partial charge in [0.1, 0.15) is 5.82 Å². The summed E-state index contributed by atoms with van der Waals surface area (Å²) in [6, 6.07) is 9.00. The molecular formula is C20H23ClN4O2. The Balaban J connectivity index is 2.01. The molecule has 7 heteroatoms. The van der Waals surface area contributed by atoms with Gasteiger partial charge in [-0.2, -0.15) is 0 Å². The van der Waals surface area contributed by atoms with E-state index in [9.17, 15) is 9.59 Å². The highest BCUT2D eigenvalue weighted by atomic mass is 35.5. The minimum atomic E-state index is -0.128. The second-order valence-electron chi connectivity index (χ2n) is 6.67. The first-order valence-electron chi connectivity index (χ1n) is 9.00. The van der Waals surface area contributed by atoms with Crippen LogP contribution in [0.5, 0.6) is 0 Å². The van der Waals surface area contributed by atoms with Crippen LogP contribution in [-0.4, -0.2) is 29.4 Å². The maximum Gasteiger partial charge on any atom is 0.251 e. The Labute approximate surface area is 163 Å². The van der Waals surface area contributed by atoms with Crippen LogP contribution in [-0.2, 0) is 4.79 Å². The van der Waals surface area contributed by atoms with Gasteiger partial charge >= 0.3 is 0 Å². The molecule has 1 aliphatic rings. The van der Waals surface area contributed by atoms with Crippen LogP contribution in [0.15, 0.2) is 36.5 Å². The third-order valence-corrected chi connectivity index (χ3v) is 4.89. The number of rotatable bonds is 4. The van der Waals surface area contributed by atoms with Crippen molar-refractivity contribution in [2.45, 2.75) is 39.3 Å². The van der Waals surface area contributed by atoms with E-state index in [1.165, 1.54) is 0 Å². The summed E-state index contributed by atoms with van der Waals surface area (Å²) in [6.07, 6.45) is 2.29. The van der Waals surface area contributed by atoms with Crippen molar-refractivity contribution in [1.82, 2.24) is 10.3 Å². The number of pyridine rings is 1. The van der Waals surface area contributed by atoms with Gasteiger partial charge in [-0.1, -0.05) is 11.6 Å². The Morgan fingerprint density at radius 2 is 2.07 bits per heavy atom. The number of hydrogen-bond acceptors (Lipinski definition) is 4. The van der Waals surface area contributed by atoms with E-state index in [0.29, 0.717) is 29.4 Å². The lowest BCUT2D eigenvalue weighted by molar-refractivity contribution is -0.117. The number of nitrogens with one attached hydrogen (secondary N) is 2. The predicted molar refractivity (Wildman–Crippen MR) is 107 cm³/mol. The minimum absolute atomic E-state index is 0.0161. The maximum absolute atomic E-state index is 12.3. The molecule has 2 N–H and O–H groups in total. The van der Waals surface area contributed by atoms with E-state index in [0.717, 1.165) is 11.3 Å². The van der Waals surface area contributed by atoms with Gasteiger partial charge in [-0.25, -0.2) is 4.98 Å². The van der Waals surface area contributed by atoms with Crippen LogP contribution in [0.4, 0.5) is 11.5 Å². The highest BCUT2D eigenvalue weighted by molar-refractivity contribution is 6.30. The van der Waals surface area contributed by atoms with Crippen molar-refractivity contribution in [3.05, 3.63) is 52.7 Å². The number of carbonyl (C=O) groups excluding carboxylic acids is 2. The van der Waals surface area contributed by atoms with Crippen molar-refractivity contribution in [1.29, 1.82) is 0 Å². The lowest BCUT2D eigenvalue weighted by Gasteiger charge is -2.39. The molecule has 0 aliphatic carbocycles. The molecule has 0 saturated carbocycles. The normalized spacial score (nSPS) is 18.6. The standard InChI is InChI=1S/C20H23ClN4O2/c1-4-22-20(27)14-5-7-18-16(10-14)17(9-12(2)25(18)13(3)26)24-19-8-6-15(21)11-23-19/h5-8,10-12,17H,4,9H2,1-3H3,(H,22,27)(H,23,24)/t12-,17+/m0/s1. The van der Waals surface area contributed by atoms with Crippen molar-refractivity contribution in [3.63, 3.8) is 0 Å². The molecule has 6 nitrogen and oxygen atoms in total. The molecule has 0 bridgehead atoms. The fourth-order valence-electron chi connectivity index (χ4n) is 3.52. The largest absolute Gasteiger partial charge is 0.363 e. The number of aromatic nitrogens is 1. The molecule has 0 unspecified atom stereocenters. The van der Waals surface area contributed by atoms with Gasteiger partial charge in [-0.05, 0) is 56.2 Å². The van der Waals surface area contributed by atoms with Crippen LogP contribution in [0.1, 0.15) is 49.2 Å². The molecular weight excluding hydrogens is 364 g/mol. The fourth-order valence-corrected chi connectivity index (χ4v) is 3.64. The van der Waals surface area contributed by atoms with E-state index in [2.05, 4.69) is 15.6 Å². The summed E-state index contributed by atoms with van der Waals surface area (Å²) >= 11 is 5.92. The number of anilines is 2. The molecule has 27 heavy (non-hydrogen) atoms. The highest BCUT2D eigenvalue weighted by Gasteiger charge is 2.33. The first-order valence-corrected chi connectivity index (χ1v) is 9.38. The van der Waals surface area contributed by atoms with Gasteiger partial charge in [0.2, 0.25) is 5.91 Å². The van der Waals surface area contributed by atoms with Crippen molar-refractivity contribution in [3.8, 4) is 0 Å². The molecule has 1 aliphatic heterocycles.